The Kier molecular flexibility index (Phi) is 7.49. The highest BCUT2D eigenvalue weighted by atomic mass is 16.6. The van der Waals surface area contributed by atoms with Gasteiger partial charge in [-0.25, -0.2) is 9.59 Å². The smallest absolute Gasteiger partial charge is 0.408 e. The summed E-state index contributed by atoms with van der Waals surface area (Å²) in [5, 5.41) is 2.46. The minimum Gasteiger partial charge on any atom is -0.464 e. The highest BCUT2D eigenvalue weighted by molar-refractivity contribution is 5.81. The second-order valence-electron chi connectivity index (χ2n) is 5.68. The molecule has 0 saturated carbocycles. The van der Waals surface area contributed by atoms with E-state index >= 15 is 0 Å². The van der Waals surface area contributed by atoms with Crippen molar-refractivity contribution < 1.29 is 19.1 Å². The van der Waals surface area contributed by atoms with E-state index in [-0.39, 0.29) is 0 Å². The fraction of sp³-hybridized carbons (Fsp3) is 0.857. The second kappa shape index (κ2) is 8.02. The third kappa shape index (κ3) is 8.46. The molecule has 0 bridgehead atoms. The normalized spacial score (nSPS) is 13.0. The summed E-state index contributed by atoms with van der Waals surface area (Å²) in [6.45, 7) is 11.4. The molecule has 0 rings (SSSR count). The van der Waals surface area contributed by atoms with Crippen molar-refractivity contribution >= 4 is 12.1 Å². The first kappa shape index (κ1) is 17.7. The van der Waals surface area contributed by atoms with E-state index in [1.54, 1.807) is 27.7 Å². The SMILES string of the molecule is CCC(CC)COC(=O)[C@@H](C)NC(=O)OC(C)(C)C. The first-order valence-electron chi connectivity index (χ1n) is 6.85. The molecule has 5 nitrogen and oxygen atoms in total. The fourth-order valence-corrected chi connectivity index (χ4v) is 1.39. The maximum absolute atomic E-state index is 11.7. The van der Waals surface area contributed by atoms with Gasteiger partial charge < -0.3 is 14.8 Å². The average molecular weight is 273 g/mol. The molecule has 1 amide bonds. The number of ether oxygens (including phenoxy) is 2. The summed E-state index contributed by atoms with van der Waals surface area (Å²) in [5.41, 5.74) is -0.580. The van der Waals surface area contributed by atoms with Crippen molar-refractivity contribution in [2.24, 2.45) is 5.92 Å². The molecule has 0 aromatic heterocycles. The lowest BCUT2D eigenvalue weighted by atomic mass is 10.1. The lowest BCUT2D eigenvalue weighted by Gasteiger charge is -2.21. The molecule has 0 unspecified atom stereocenters. The van der Waals surface area contributed by atoms with Gasteiger partial charge in [-0.3, -0.25) is 0 Å². The topological polar surface area (TPSA) is 64.6 Å². The Morgan fingerprint density at radius 1 is 1.16 bits per heavy atom. The van der Waals surface area contributed by atoms with Crippen molar-refractivity contribution in [3.8, 4) is 0 Å². The molecule has 5 heteroatoms. The van der Waals surface area contributed by atoms with Crippen LogP contribution >= 0.6 is 0 Å². The lowest BCUT2D eigenvalue weighted by Crippen LogP contribution is -2.42. The molecule has 0 aliphatic heterocycles. The number of rotatable bonds is 6. The van der Waals surface area contributed by atoms with Crippen LogP contribution in [0.5, 0.6) is 0 Å². The van der Waals surface area contributed by atoms with Crippen LogP contribution in [-0.4, -0.2) is 30.3 Å². The van der Waals surface area contributed by atoms with Gasteiger partial charge in [-0.1, -0.05) is 26.7 Å². The third-order valence-corrected chi connectivity index (χ3v) is 2.70. The van der Waals surface area contributed by atoms with Crippen LogP contribution in [-0.2, 0) is 14.3 Å². The van der Waals surface area contributed by atoms with E-state index < -0.39 is 23.7 Å². The predicted octanol–water partition coefficient (Wildman–Crippen LogP) is 2.88. The summed E-state index contributed by atoms with van der Waals surface area (Å²) in [4.78, 5) is 23.2. The number of amides is 1. The van der Waals surface area contributed by atoms with Crippen molar-refractivity contribution in [3.63, 3.8) is 0 Å². The largest absolute Gasteiger partial charge is 0.464 e. The maximum Gasteiger partial charge on any atom is 0.408 e. The molecular weight excluding hydrogens is 246 g/mol. The van der Waals surface area contributed by atoms with Crippen LogP contribution in [0.25, 0.3) is 0 Å². The molecule has 0 saturated heterocycles. The van der Waals surface area contributed by atoms with Gasteiger partial charge in [0.2, 0.25) is 0 Å². The molecular formula is C14H27NO4. The molecule has 112 valence electrons. The number of nitrogens with one attached hydrogen (secondary N) is 1. The van der Waals surface area contributed by atoms with Gasteiger partial charge in [0.05, 0.1) is 6.61 Å². The van der Waals surface area contributed by atoms with E-state index in [1.807, 2.05) is 0 Å². The Hall–Kier alpha value is -1.26. The van der Waals surface area contributed by atoms with Crippen LogP contribution in [0.2, 0.25) is 0 Å². The highest BCUT2D eigenvalue weighted by Gasteiger charge is 2.22. The highest BCUT2D eigenvalue weighted by Crippen LogP contribution is 2.09. The summed E-state index contributed by atoms with van der Waals surface area (Å²) in [6.07, 6.45) is 1.33. The van der Waals surface area contributed by atoms with Crippen LogP contribution in [0.1, 0.15) is 54.4 Å². The van der Waals surface area contributed by atoms with Crippen molar-refractivity contribution in [1.82, 2.24) is 5.32 Å². The molecule has 19 heavy (non-hydrogen) atoms. The van der Waals surface area contributed by atoms with Gasteiger partial charge in [0.15, 0.2) is 0 Å². The lowest BCUT2D eigenvalue weighted by molar-refractivity contribution is -0.147. The molecule has 0 heterocycles. The molecule has 0 aliphatic rings. The predicted molar refractivity (Wildman–Crippen MR) is 73.9 cm³/mol. The Balaban J connectivity index is 4.10. The maximum atomic E-state index is 11.7. The van der Waals surface area contributed by atoms with Gasteiger partial charge in [0.1, 0.15) is 11.6 Å². The molecule has 1 N–H and O–H groups in total. The van der Waals surface area contributed by atoms with Crippen LogP contribution in [0.15, 0.2) is 0 Å². The van der Waals surface area contributed by atoms with Gasteiger partial charge in [0, 0.05) is 0 Å². The molecule has 0 aliphatic carbocycles. The Bertz CT molecular complexity index is 292. The number of esters is 1. The molecule has 0 radical (unpaired) electrons. The summed E-state index contributed by atoms with van der Waals surface area (Å²) < 4.78 is 10.2. The number of alkyl carbamates (subject to hydrolysis) is 1. The number of hydrogen-bond donors (Lipinski definition) is 1. The number of hydrogen-bond acceptors (Lipinski definition) is 4. The molecule has 0 aromatic rings. The van der Waals surface area contributed by atoms with Gasteiger partial charge in [0.25, 0.3) is 0 Å². The van der Waals surface area contributed by atoms with Crippen LogP contribution in [0.4, 0.5) is 4.79 Å². The monoisotopic (exact) mass is 273 g/mol. The molecule has 1 atom stereocenters. The quantitative estimate of drug-likeness (QED) is 0.756. The summed E-state index contributed by atoms with van der Waals surface area (Å²) >= 11 is 0. The Morgan fingerprint density at radius 3 is 2.11 bits per heavy atom. The summed E-state index contributed by atoms with van der Waals surface area (Å²) in [6, 6.07) is -0.704. The van der Waals surface area contributed by atoms with Crippen LogP contribution in [0.3, 0.4) is 0 Å². The number of carbonyl (C=O) groups excluding carboxylic acids is 2. The van der Waals surface area contributed by atoms with Gasteiger partial charge in [-0.15, -0.1) is 0 Å². The minimum atomic E-state index is -0.704. The third-order valence-electron chi connectivity index (χ3n) is 2.70. The molecule has 0 fully saturated rings. The van der Waals surface area contributed by atoms with E-state index in [4.69, 9.17) is 9.47 Å². The zero-order valence-electron chi connectivity index (χ0n) is 12.9. The summed E-state index contributed by atoms with van der Waals surface area (Å²) in [7, 11) is 0. The zero-order chi connectivity index (χ0) is 15.1. The first-order chi connectivity index (χ1) is 8.69. The van der Waals surface area contributed by atoms with Crippen molar-refractivity contribution in [2.75, 3.05) is 6.61 Å². The van der Waals surface area contributed by atoms with E-state index in [1.165, 1.54) is 0 Å². The van der Waals surface area contributed by atoms with E-state index in [9.17, 15) is 9.59 Å². The molecule has 0 spiro atoms. The van der Waals surface area contributed by atoms with Crippen molar-refractivity contribution in [2.45, 2.75) is 66.0 Å². The van der Waals surface area contributed by atoms with Crippen LogP contribution < -0.4 is 5.32 Å². The second-order valence-corrected chi connectivity index (χ2v) is 5.68. The van der Waals surface area contributed by atoms with Crippen molar-refractivity contribution in [1.29, 1.82) is 0 Å². The van der Waals surface area contributed by atoms with Crippen LogP contribution in [0, 0.1) is 5.92 Å². The zero-order valence-corrected chi connectivity index (χ0v) is 12.9. The number of carbonyl (C=O) groups is 2. The van der Waals surface area contributed by atoms with E-state index in [0.29, 0.717) is 12.5 Å². The van der Waals surface area contributed by atoms with Gasteiger partial charge >= 0.3 is 12.1 Å². The standard InChI is InChI=1S/C14H27NO4/c1-7-11(8-2)9-18-12(16)10(3)15-13(17)19-14(4,5)6/h10-11H,7-9H2,1-6H3,(H,15,17)/t10-/m1/s1. The van der Waals surface area contributed by atoms with E-state index in [2.05, 4.69) is 19.2 Å². The molecule has 0 aromatic carbocycles. The Labute approximate surface area is 116 Å². The Morgan fingerprint density at radius 2 is 1.68 bits per heavy atom. The average Bonchev–Trinajstić information content (AvgIpc) is 2.27. The van der Waals surface area contributed by atoms with E-state index in [0.717, 1.165) is 12.8 Å². The minimum absolute atomic E-state index is 0.373. The van der Waals surface area contributed by atoms with Gasteiger partial charge in [-0.05, 0) is 33.6 Å². The summed E-state index contributed by atoms with van der Waals surface area (Å²) in [5.74, 6) is -0.0598. The fourth-order valence-electron chi connectivity index (χ4n) is 1.39. The van der Waals surface area contributed by atoms with Gasteiger partial charge in [-0.2, -0.15) is 0 Å². The van der Waals surface area contributed by atoms with Crippen molar-refractivity contribution in [3.05, 3.63) is 0 Å². The first-order valence-corrected chi connectivity index (χ1v) is 6.85.